The van der Waals surface area contributed by atoms with Crippen molar-refractivity contribution in [2.75, 3.05) is 6.16 Å². The topological polar surface area (TPSA) is 74.6 Å². The van der Waals surface area contributed by atoms with Gasteiger partial charge in [-0.2, -0.15) is 0 Å². The molecule has 0 bridgehead atoms. The third-order valence-corrected chi connectivity index (χ3v) is 4.21. The van der Waals surface area contributed by atoms with Crippen LogP contribution in [0.5, 0.6) is 0 Å². The summed E-state index contributed by atoms with van der Waals surface area (Å²) >= 11 is 0. The van der Waals surface area contributed by atoms with Crippen LogP contribution in [0.3, 0.4) is 0 Å². The molecule has 1 rings (SSSR count). The first kappa shape index (κ1) is 13.9. The van der Waals surface area contributed by atoms with Crippen LogP contribution in [0.4, 0.5) is 0 Å². The molecule has 2 N–H and O–H groups in total. The van der Waals surface area contributed by atoms with Crippen LogP contribution in [0.2, 0.25) is 0 Å². The molecule has 0 spiro atoms. The van der Waals surface area contributed by atoms with Crippen molar-refractivity contribution in [3.05, 3.63) is 0 Å². The monoisotopic (exact) mass is 248 g/mol. The van der Waals surface area contributed by atoms with Crippen molar-refractivity contribution in [1.82, 2.24) is 0 Å². The normalized spacial score (nSPS) is 19.2. The maximum absolute atomic E-state index is 11.9. The van der Waals surface area contributed by atoms with Crippen LogP contribution >= 0.6 is 7.60 Å². The van der Waals surface area contributed by atoms with Gasteiger partial charge in [-0.05, 0) is 19.3 Å². The van der Waals surface area contributed by atoms with Crippen LogP contribution in [0.15, 0.2) is 0 Å². The fraction of sp³-hybridized carbons (Fsp3) is 0.909. The molecule has 0 aliphatic heterocycles. The zero-order chi connectivity index (χ0) is 12.2. The summed E-state index contributed by atoms with van der Waals surface area (Å²) in [6.07, 6.45) is 6.06. The van der Waals surface area contributed by atoms with Gasteiger partial charge in [0.05, 0.1) is 0 Å². The summed E-state index contributed by atoms with van der Waals surface area (Å²) in [5.74, 6) is -0.219. The van der Waals surface area contributed by atoms with Crippen molar-refractivity contribution in [2.45, 2.75) is 51.9 Å². The van der Waals surface area contributed by atoms with Crippen molar-refractivity contribution in [2.24, 2.45) is 5.41 Å². The Balaban J connectivity index is 2.52. The SMILES string of the molecule is CCCCCC1(C(=O)CP(=O)(O)O)CCC1. The first-order chi connectivity index (χ1) is 7.40. The molecule has 0 saturated heterocycles. The second kappa shape index (κ2) is 5.44. The highest BCUT2D eigenvalue weighted by molar-refractivity contribution is 7.52. The molecule has 0 atom stereocenters. The molecule has 0 radical (unpaired) electrons. The maximum atomic E-state index is 11.9. The zero-order valence-corrected chi connectivity index (χ0v) is 10.7. The number of Topliss-reactive ketones (excluding diaryl/α,β-unsaturated/α-hetero) is 1. The summed E-state index contributed by atoms with van der Waals surface area (Å²) in [5.41, 5.74) is -0.393. The number of unbranched alkanes of at least 4 members (excludes halogenated alkanes) is 2. The molecule has 4 nitrogen and oxygen atoms in total. The number of carbonyl (C=O) groups excluding carboxylic acids is 1. The lowest BCUT2D eigenvalue weighted by Gasteiger charge is -2.40. The lowest BCUT2D eigenvalue weighted by atomic mass is 9.63. The first-order valence-electron chi connectivity index (χ1n) is 5.97. The van der Waals surface area contributed by atoms with E-state index in [2.05, 4.69) is 6.92 Å². The van der Waals surface area contributed by atoms with Crippen LogP contribution in [0.1, 0.15) is 51.9 Å². The van der Waals surface area contributed by atoms with Gasteiger partial charge >= 0.3 is 7.60 Å². The van der Waals surface area contributed by atoms with E-state index >= 15 is 0 Å². The molecular formula is C11H21O4P. The fourth-order valence-corrected chi connectivity index (χ4v) is 3.05. The van der Waals surface area contributed by atoms with Crippen LogP contribution in [0.25, 0.3) is 0 Å². The number of rotatable bonds is 7. The minimum absolute atomic E-state index is 0.219. The second-order valence-electron chi connectivity index (χ2n) is 4.84. The van der Waals surface area contributed by atoms with Crippen molar-refractivity contribution >= 4 is 13.4 Å². The summed E-state index contributed by atoms with van der Waals surface area (Å²) in [4.78, 5) is 29.5. The van der Waals surface area contributed by atoms with Crippen molar-refractivity contribution < 1.29 is 19.1 Å². The zero-order valence-electron chi connectivity index (χ0n) is 9.81. The van der Waals surface area contributed by atoms with E-state index in [1.165, 1.54) is 0 Å². The first-order valence-corrected chi connectivity index (χ1v) is 7.77. The predicted octanol–water partition coefficient (Wildman–Crippen LogP) is 2.48. The van der Waals surface area contributed by atoms with E-state index in [9.17, 15) is 9.36 Å². The van der Waals surface area contributed by atoms with Gasteiger partial charge in [-0.1, -0.05) is 32.6 Å². The van der Waals surface area contributed by atoms with Crippen LogP contribution in [0, 0.1) is 5.41 Å². The van der Waals surface area contributed by atoms with Gasteiger partial charge in [0, 0.05) is 5.41 Å². The Labute approximate surface area is 96.6 Å². The Bertz CT molecular complexity index is 290. The Morgan fingerprint density at radius 1 is 1.31 bits per heavy atom. The van der Waals surface area contributed by atoms with Gasteiger partial charge in [-0.25, -0.2) is 0 Å². The van der Waals surface area contributed by atoms with Crippen LogP contribution in [-0.2, 0) is 9.36 Å². The molecule has 0 aromatic heterocycles. The van der Waals surface area contributed by atoms with Crippen molar-refractivity contribution in [1.29, 1.82) is 0 Å². The summed E-state index contributed by atoms with van der Waals surface area (Å²) in [6, 6.07) is 0. The molecule has 1 fully saturated rings. The Morgan fingerprint density at radius 2 is 1.94 bits per heavy atom. The van der Waals surface area contributed by atoms with E-state index in [4.69, 9.17) is 9.79 Å². The van der Waals surface area contributed by atoms with Gasteiger partial charge in [0.25, 0.3) is 0 Å². The minimum Gasteiger partial charge on any atom is -0.324 e. The minimum atomic E-state index is -4.19. The number of carbonyl (C=O) groups is 1. The third-order valence-electron chi connectivity index (χ3n) is 3.51. The standard InChI is InChI=1S/C11H21O4P/c1-2-3-4-6-11(7-5-8-11)10(12)9-16(13,14)15/h2-9H2,1H3,(H2,13,14,15). The molecule has 0 heterocycles. The largest absolute Gasteiger partial charge is 0.332 e. The molecule has 0 aromatic rings. The summed E-state index contributed by atoms with van der Waals surface area (Å²) in [6.45, 7) is 2.10. The van der Waals surface area contributed by atoms with E-state index in [0.29, 0.717) is 0 Å². The average Bonchev–Trinajstić information content (AvgIpc) is 2.06. The Morgan fingerprint density at radius 3 is 2.31 bits per heavy atom. The number of ketones is 1. The summed E-state index contributed by atoms with van der Waals surface area (Å²) in [5, 5.41) is 0. The Kier molecular flexibility index (Phi) is 4.72. The third kappa shape index (κ3) is 3.69. The number of hydrogen-bond acceptors (Lipinski definition) is 2. The fourth-order valence-electron chi connectivity index (χ4n) is 2.34. The van der Waals surface area contributed by atoms with Crippen LogP contribution < -0.4 is 0 Å². The molecule has 0 aromatic carbocycles. The van der Waals surface area contributed by atoms with E-state index in [0.717, 1.165) is 44.9 Å². The molecule has 1 aliphatic carbocycles. The van der Waals surface area contributed by atoms with Crippen molar-refractivity contribution in [3.63, 3.8) is 0 Å². The summed E-state index contributed by atoms with van der Waals surface area (Å²) in [7, 11) is -4.19. The molecule has 0 amide bonds. The molecule has 1 aliphatic rings. The maximum Gasteiger partial charge on any atom is 0.332 e. The predicted molar refractivity (Wildman–Crippen MR) is 62.3 cm³/mol. The van der Waals surface area contributed by atoms with E-state index in [-0.39, 0.29) is 5.78 Å². The number of hydrogen-bond donors (Lipinski definition) is 2. The average molecular weight is 248 g/mol. The van der Waals surface area contributed by atoms with E-state index in [1.807, 2.05) is 0 Å². The highest BCUT2D eigenvalue weighted by Crippen LogP contribution is 2.49. The van der Waals surface area contributed by atoms with Gasteiger partial charge in [0.15, 0.2) is 5.78 Å². The molecule has 0 unspecified atom stereocenters. The second-order valence-corrected chi connectivity index (χ2v) is 6.48. The lowest BCUT2D eigenvalue weighted by molar-refractivity contribution is -0.131. The van der Waals surface area contributed by atoms with Gasteiger partial charge < -0.3 is 9.79 Å². The van der Waals surface area contributed by atoms with E-state index in [1.54, 1.807) is 0 Å². The van der Waals surface area contributed by atoms with Crippen LogP contribution in [-0.4, -0.2) is 21.7 Å². The summed E-state index contributed by atoms with van der Waals surface area (Å²) < 4.78 is 10.8. The Hall–Kier alpha value is -0.180. The van der Waals surface area contributed by atoms with Gasteiger partial charge in [0.2, 0.25) is 0 Å². The molecule has 5 heteroatoms. The van der Waals surface area contributed by atoms with Crippen molar-refractivity contribution in [3.8, 4) is 0 Å². The smallest absolute Gasteiger partial charge is 0.324 e. The lowest BCUT2D eigenvalue weighted by Crippen LogP contribution is -2.39. The highest BCUT2D eigenvalue weighted by Gasteiger charge is 2.44. The van der Waals surface area contributed by atoms with Gasteiger partial charge in [-0.3, -0.25) is 9.36 Å². The van der Waals surface area contributed by atoms with E-state index < -0.39 is 19.2 Å². The quantitative estimate of drug-likeness (QED) is 0.536. The molecular weight excluding hydrogens is 227 g/mol. The molecule has 16 heavy (non-hydrogen) atoms. The highest BCUT2D eigenvalue weighted by atomic mass is 31.2. The molecule has 1 saturated carbocycles. The molecule has 94 valence electrons. The van der Waals surface area contributed by atoms with Gasteiger partial charge in [0.1, 0.15) is 6.16 Å². The van der Waals surface area contributed by atoms with Gasteiger partial charge in [-0.15, -0.1) is 0 Å².